The smallest absolute Gasteiger partial charge is 0.242 e. The molecule has 34 heavy (non-hydrogen) atoms. The Kier molecular flexibility index (Phi) is 7.69. The number of hydrogen-bond acceptors (Lipinski definition) is 3. The summed E-state index contributed by atoms with van der Waals surface area (Å²) in [5.41, 5.74) is 5.37. The van der Waals surface area contributed by atoms with Crippen molar-refractivity contribution in [1.82, 2.24) is 14.7 Å². The average molecular weight is 454 g/mol. The summed E-state index contributed by atoms with van der Waals surface area (Å²) in [6.07, 6.45) is 10.0. The first kappa shape index (κ1) is 23.6. The Balaban J connectivity index is 1.42. The Bertz CT molecular complexity index is 1080. The van der Waals surface area contributed by atoms with E-state index in [1.165, 1.54) is 5.70 Å². The van der Waals surface area contributed by atoms with Crippen molar-refractivity contribution in [2.75, 3.05) is 39.8 Å². The van der Waals surface area contributed by atoms with Gasteiger partial charge in [-0.05, 0) is 41.2 Å². The fourth-order valence-electron chi connectivity index (χ4n) is 4.48. The molecule has 2 aromatic carbocycles. The van der Waals surface area contributed by atoms with Gasteiger partial charge in [0.2, 0.25) is 5.91 Å². The van der Waals surface area contributed by atoms with Gasteiger partial charge in [-0.15, -0.1) is 0 Å². The molecule has 4 nitrogen and oxygen atoms in total. The summed E-state index contributed by atoms with van der Waals surface area (Å²) in [4.78, 5) is 19.7. The number of likely N-dealkylation sites (N-methyl/N-ethyl adjacent to an activating group) is 1. The molecule has 1 heterocycles. The van der Waals surface area contributed by atoms with Gasteiger partial charge in [0.15, 0.2) is 0 Å². The van der Waals surface area contributed by atoms with Crippen LogP contribution in [-0.2, 0) is 4.79 Å². The fraction of sp³-hybridized carbons (Fsp3) is 0.300. The first-order valence-corrected chi connectivity index (χ1v) is 12.1. The zero-order valence-electron chi connectivity index (χ0n) is 20.4. The molecule has 1 aliphatic heterocycles. The van der Waals surface area contributed by atoms with Crippen LogP contribution in [-0.4, -0.2) is 60.4 Å². The molecule has 1 saturated heterocycles. The van der Waals surface area contributed by atoms with E-state index >= 15 is 0 Å². The van der Waals surface area contributed by atoms with Crippen LogP contribution >= 0.6 is 0 Å². The van der Waals surface area contributed by atoms with Gasteiger partial charge in [-0.25, -0.2) is 0 Å². The highest BCUT2D eigenvalue weighted by molar-refractivity contribution is 5.85. The molecule has 1 aliphatic carbocycles. The topological polar surface area (TPSA) is 26.8 Å². The van der Waals surface area contributed by atoms with Gasteiger partial charge in [-0.1, -0.05) is 86.3 Å². The molecule has 2 aromatic rings. The first-order chi connectivity index (χ1) is 16.5. The van der Waals surface area contributed by atoms with E-state index in [2.05, 4.69) is 67.0 Å². The van der Waals surface area contributed by atoms with Crippen molar-refractivity contribution in [2.24, 2.45) is 5.92 Å². The van der Waals surface area contributed by atoms with Crippen molar-refractivity contribution in [3.63, 3.8) is 0 Å². The fourth-order valence-corrected chi connectivity index (χ4v) is 4.48. The van der Waals surface area contributed by atoms with E-state index in [0.29, 0.717) is 12.5 Å². The third kappa shape index (κ3) is 5.88. The maximum absolute atomic E-state index is 13.2. The Hall–Kier alpha value is -3.53. The Morgan fingerprint density at radius 1 is 1.00 bits per heavy atom. The molecule has 0 spiro atoms. The number of rotatable bonds is 7. The highest BCUT2D eigenvalue weighted by Crippen LogP contribution is 2.24. The van der Waals surface area contributed by atoms with Crippen molar-refractivity contribution in [3.8, 4) is 0 Å². The van der Waals surface area contributed by atoms with Gasteiger partial charge in [-0.3, -0.25) is 4.79 Å². The summed E-state index contributed by atoms with van der Waals surface area (Å²) in [6.45, 7) is 10.1. The van der Waals surface area contributed by atoms with Gasteiger partial charge >= 0.3 is 0 Å². The molecular formula is C30H35N3O. The van der Waals surface area contributed by atoms with Crippen LogP contribution in [0.4, 0.5) is 0 Å². The molecule has 2 aliphatic rings. The second-order valence-electron chi connectivity index (χ2n) is 9.21. The van der Waals surface area contributed by atoms with Crippen LogP contribution in [0.15, 0.2) is 97.2 Å². The number of nitrogens with zero attached hydrogens (tertiary/aromatic N) is 3. The highest BCUT2D eigenvalue weighted by atomic mass is 16.2. The van der Waals surface area contributed by atoms with Gasteiger partial charge < -0.3 is 14.7 Å². The highest BCUT2D eigenvalue weighted by Gasteiger charge is 2.24. The predicted molar refractivity (Wildman–Crippen MR) is 142 cm³/mol. The SMILES string of the molecule is C=C(/C=C(/c1ccccc1)N(C)CC(=O)N1CCN(C2=CCC(C)C=C2)CC1)c1ccccc1. The molecule has 0 radical (unpaired) electrons. The van der Waals surface area contributed by atoms with Gasteiger partial charge in [-0.2, -0.15) is 0 Å². The number of carbonyl (C=O) groups excluding carboxylic acids is 1. The van der Waals surface area contributed by atoms with Crippen LogP contribution in [0, 0.1) is 5.92 Å². The van der Waals surface area contributed by atoms with Crippen LogP contribution < -0.4 is 0 Å². The van der Waals surface area contributed by atoms with E-state index in [4.69, 9.17) is 0 Å². The van der Waals surface area contributed by atoms with Gasteiger partial charge in [0.1, 0.15) is 0 Å². The lowest BCUT2D eigenvalue weighted by atomic mass is 10.0. The molecule has 1 fully saturated rings. The van der Waals surface area contributed by atoms with E-state index in [0.717, 1.165) is 55.0 Å². The van der Waals surface area contributed by atoms with Crippen LogP contribution in [0.3, 0.4) is 0 Å². The monoisotopic (exact) mass is 453 g/mol. The number of piperazine rings is 1. The van der Waals surface area contributed by atoms with Crippen LogP contribution in [0.2, 0.25) is 0 Å². The molecule has 176 valence electrons. The molecule has 0 N–H and O–H groups in total. The first-order valence-electron chi connectivity index (χ1n) is 12.1. The van der Waals surface area contributed by atoms with Crippen molar-refractivity contribution in [2.45, 2.75) is 13.3 Å². The quantitative estimate of drug-likeness (QED) is 0.533. The number of hydrogen-bond donors (Lipinski definition) is 0. The molecule has 0 saturated carbocycles. The van der Waals surface area contributed by atoms with E-state index in [1.807, 2.05) is 53.2 Å². The van der Waals surface area contributed by atoms with Crippen LogP contribution in [0.25, 0.3) is 11.3 Å². The number of carbonyl (C=O) groups is 1. The van der Waals surface area contributed by atoms with Gasteiger partial charge in [0.05, 0.1) is 6.54 Å². The second-order valence-corrected chi connectivity index (χ2v) is 9.21. The number of amides is 1. The molecule has 4 rings (SSSR count). The predicted octanol–water partition coefficient (Wildman–Crippen LogP) is 5.30. The molecule has 1 amide bonds. The minimum Gasteiger partial charge on any atom is -0.368 e. The Morgan fingerprint density at radius 2 is 1.62 bits per heavy atom. The molecular weight excluding hydrogens is 418 g/mol. The van der Waals surface area contributed by atoms with E-state index in [9.17, 15) is 4.79 Å². The van der Waals surface area contributed by atoms with Crippen LogP contribution in [0.5, 0.6) is 0 Å². The average Bonchev–Trinajstić information content (AvgIpc) is 2.88. The van der Waals surface area contributed by atoms with Crippen molar-refractivity contribution < 1.29 is 4.79 Å². The zero-order valence-corrected chi connectivity index (χ0v) is 20.4. The lowest BCUT2D eigenvalue weighted by molar-refractivity contribution is -0.132. The molecule has 4 heteroatoms. The minimum atomic E-state index is 0.163. The van der Waals surface area contributed by atoms with E-state index in [-0.39, 0.29) is 5.91 Å². The summed E-state index contributed by atoms with van der Waals surface area (Å²) in [5, 5.41) is 0. The van der Waals surface area contributed by atoms with Crippen LogP contribution in [0.1, 0.15) is 24.5 Å². The summed E-state index contributed by atoms with van der Waals surface area (Å²) >= 11 is 0. The minimum absolute atomic E-state index is 0.163. The standard InChI is InChI=1S/C30H35N3O/c1-24-14-16-28(17-15-24)32-18-20-33(21-19-32)30(34)23-31(3)29(27-12-8-5-9-13-27)22-25(2)26-10-6-4-7-11-26/h4-14,16-17,22,24H,2,15,18-21,23H2,1,3H3/b29-22-. The summed E-state index contributed by atoms with van der Waals surface area (Å²) < 4.78 is 0. The Morgan fingerprint density at radius 3 is 2.21 bits per heavy atom. The number of allylic oxidation sites excluding steroid dienone is 5. The summed E-state index contributed by atoms with van der Waals surface area (Å²) in [7, 11) is 1.99. The lowest BCUT2D eigenvalue weighted by Crippen LogP contribution is -2.50. The van der Waals surface area contributed by atoms with Crippen molar-refractivity contribution in [1.29, 1.82) is 0 Å². The molecule has 1 unspecified atom stereocenters. The second kappa shape index (κ2) is 11.1. The van der Waals surface area contributed by atoms with Crippen molar-refractivity contribution in [3.05, 3.63) is 108 Å². The summed E-state index contributed by atoms with van der Waals surface area (Å²) in [5.74, 6) is 0.781. The third-order valence-electron chi connectivity index (χ3n) is 6.60. The summed E-state index contributed by atoms with van der Waals surface area (Å²) in [6, 6.07) is 20.4. The van der Waals surface area contributed by atoms with Gasteiger partial charge in [0, 0.05) is 44.6 Å². The Labute approximate surface area is 204 Å². The maximum Gasteiger partial charge on any atom is 0.242 e. The van der Waals surface area contributed by atoms with Crippen molar-refractivity contribution >= 4 is 17.2 Å². The van der Waals surface area contributed by atoms with E-state index in [1.54, 1.807) is 0 Å². The normalized spacial score (nSPS) is 18.5. The maximum atomic E-state index is 13.2. The number of benzene rings is 2. The molecule has 1 atom stereocenters. The van der Waals surface area contributed by atoms with Gasteiger partial charge in [0.25, 0.3) is 0 Å². The van der Waals surface area contributed by atoms with E-state index < -0.39 is 0 Å². The lowest BCUT2D eigenvalue weighted by Gasteiger charge is -2.38. The third-order valence-corrected chi connectivity index (χ3v) is 6.60. The zero-order chi connectivity index (χ0) is 23.9. The molecule has 0 aromatic heterocycles. The largest absolute Gasteiger partial charge is 0.368 e. The molecule has 0 bridgehead atoms.